The molecule has 1 aromatic rings. The van der Waals surface area contributed by atoms with Crippen molar-refractivity contribution < 1.29 is 14.7 Å². The molecule has 0 spiro atoms. The number of rotatable bonds is 2. The lowest BCUT2D eigenvalue weighted by molar-refractivity contribution is -0.116. The SMILES string of the molecule is CC(=O)N1CCc2cc(C(=O)NC3CCCCC3O)ccc21. The number of carbonyl (C=O) groups is 2. The molecule has 0 aromatic heterocycles. The van der Waals surface area contributed by atoms with Gasteiger partial charge in [0.15, 0.2) is 0 Å². The monoisotopic (exact) mass is 302 g/mol. The molecule has 1 aliphatic carbocycles. The lowest BCUT2D eigenvalue weighted by Gasteiger charge is -2.28. The Morgan fingerprint density at radius 2 is 2.05 bits per heavy atom. The van der Waals surface area contributed by atoms with Gasteiger partial charge >= 0.3 is 0 Å². The van der Waals surface area contributed by atoms with Crippen LogP contribution in [0.25, 0.3) is 0 Å². The number of fused-ring (bicyclic) bond motifs is 1. The van der Waals surface area contributed by atoms with Crippen LogP contribution in [-0.4, -0.2) is 35.6 Å². The molecule has 118 valence electrons. The summed E-state index contributed by atoms with van der Waals surface area (Å²) >= 11 is 0. The Kier molecular flexibility index (Phi) is 4.16. The van der Waals surface area contributed by atoms with E-state index in [1.807, 2.05) is 12.1 Å². The van der Waals surface area contributed by atoms with E-state index in [4.69, 9.17) is 0 Å². The Labute approximate surface area is 130 Å². The smallest absolute Gasteiger partial charge is 0.251 e. The first-order valence-electron chi connectivity index (χ1n) is 7.96. The van der Waals surface area contributed by atoms with E-state index >= 15 is 0 Å². The normalized spacial score (nSPS) is 24.0. The predicted molar refractivity (Wildman–Crippen MR) is 83.9 cm³/mol. The van der Waals surface area contributed by atoms with Crippen LogP contribution < -0.4 is 10.2 Å². The summed E-state index contributed by atoms with van der Waals surface area (Å²) in [6.07, 6.45) is 3.98. The van der Waals surface area contributed by atoms with Gasteiger partial charge in [-0.25, -0.2) is 0 Å². The third-order valence-electron chi connectivity index (χ3n) is 4.66. The van der Waals surface area contributed by atoms with Crippen molar-refractivity contribution in [3.05, 3.63) is 29.3 Å². The number of aliphatic hydroxyl groups is 1. The van der Waals surface area contributed by atoms with Gasteiger partial charge < -0.3 is 15.3 Å². The molecule has 5 heteroatoms. The molecule has 22 heavy (non-hydrogen) atoms. The quantitative estimate of drug-likeness (QED) is 0.872. The third kappa shape index (κ3) is 2.86. The summed E-state index contributed by atoms with van der Waals surface area (Å²) in [4.78, 5) is 25.7. The number of anilines is 1. The number of nitrogens with one attached hydrogen (secondary N) is 1. The maximum atomic E-state index is 12.4. The summed E-state index contributed by atoms with van der Waals surface area (Å²) in [5, 5.41) is 12.9. The second kappa shape index (κ2) is 6.08. The summed E-state index contributed by atoms with van der Waals surface area (Å²) in [5.74, 6) is -0.115. The molecule has 0 bridgehead atoms. The molecule has 1 aromatic carbocycles. The Morgan fingerprint density at radius 1 is 1.27 bits per heavy atom. The molecule has 5 nitrogen and oxygen atoms in total. The average Bonchev–Trinajstić information content (AvgIpc) is 2.92. The first kappa shape index (κ1) is 15.0. The van der Waals surface area contributed by atoms with E-state index in [0.717, 1.165) is 43.4 Å². The molecule has 0 saturated heterocycles. The first-order valence-corrected chi connectivity index (χ1v) is 7.96. The summed E-state index contributed by atoms with van der Waals surface area (Å²) in [6, 6.07) is 5.31. The number of carbonyl (C=O) groups excluding carboxylic acids is 2. The number of amides is 2. The highest BCUT2D eigenvalue weighted by Crippen LogP contribution is 2.29. The van der Waals surface area contributed by atoms with Gasteiger partial charge in [-0.05, 0) is 43.0 Å². The molecule has 3 rings (SSSR count). The Balaban J connectivity index is 1.73. The molecule has 0 radical (unpaired) electrons. The topological polar surface area (TPSA) is 69.6 Å². The van der Waals surface area contributed by atoms with Gasteiger partial charge in [0, 0.05) is 24.7 Å². The summed E-state index contributed by atoms with van der Waals surface area (Å²) in [7, 11) is 0. The molecule has 2 atom stereocenters. The molecule has 1 saturated carbocycles. The van der Waals surface area contributed by atoms with Crippen LogP contribution >= 0.6 is 0 Å². The number of benzene rings is 1. The maximum Gasteiger partial charge on any atom is 0.251 e. The van der Waals surface area contributed by atoms with E-state index in [1.165, 1.54) is 0 Å². The van der Waals surface area contributed by atoms with Crippen molar-refractivity contribution in [1.29, 1.82) is 0 Å². The van der Waals surface area contributed by atoms with Crippen LogP contribution in [0.2, 0.25) is 0 Å². The van der Waals surface area contributed by atoms with Crippen LogP contribution in [-0.2, 0) is 11.2 Å². The molecular weight excluding hydrogens is 280 g/mol. The van der Waals surface area contributed by atoms with Crippen LogP contribution in [0.1, 0.15) is 48.5 Å². The van der Waals surface area contributed by atoms with E-state index in [2.05, 4.69) is 5.32 Å². The molecular formula is C17H22N2O3. The fraction of sp³-hybridized carbons (Fsp3) is 0.529. The molecule has 1 aliphatic heterocycles. The van der Waals surface area contributed by atoms with Crippen LogP contribution in [0.15, 0.2) is 18.2 Å². The summed E-state index contributed by atoms with van der Waals surface area (Å²) in [5.41, 5.74) is 2.54. The van der Waals surface area contributed by atoms with E-state index in [1.54, 1.807) is 17.9 Å². The van der Waals surface area contributed by atoms with Gasteiger partial charge in [-0.1, -0.05) is 12.8 Å². The molecule has 2 aliphatic rings. The van der Waals surface area contributed by atoms with Gasteiger partial charge in [0.2, 0.25) is 5.91 Å². The van der Waals surface area contributed by atoms with Gasteiger partial charge in [-0.2, -0.15) is 0 Å². The molecule has 1 heterocycles. The minimum atomic E-state index is -0.444. The van der Waals surface area contributed by atoms with Crippen LogP contribution in [0.4, 0.5) is 5.69 Å². The van der Waals surface area contributed by atoms with Crippen molar-refractivity contribution in [2.75, 3.05) is 11.4 Å². The van der Waals surface area contributed by atoms with Crippen molar-refractivity contribution in [1.82, 2.24) is 5.32 Å². The van der Waals surface area contributed by atoms with Crippen molar-refractivity contribution >= 4 is 17.5 Å². The number of hydrogen-bond donors (Lipinski definition) is 2. The van der Waals surface area contributed by atoms with Crippen molar-refractivity contribution in [3.63, 3.8) is 0 Å². The number of nitrogens with zero attached hydrogens (tertiary/aromatic N) is 1. The minimum Gasteiger partial charge on any atom is -0.391 e. The fourth-order valence-corrected chi connectivity index (χ4v) is 3.40. The molecule has 2 N–H and O–H groups in total. The van der Waals surface area contributed by atoms with Crippen LogP contribution in [0, 0.1) is 0 Å². The second-order valence-electron chi connectivity index (χ2n) is 6.20. The Bertz CT molecular complexity index is 600. The van der Waals surface area contributed by atoms with Crippen molar-refractivity contribution in [3.8, 4) is 0 Å². The zero-order chi connectivity index (χ0) is 15.7. The lowest BCUT2D eigenvalue weighted by atomic mass is 9.92. The number of aliphatic hydroxyl groups excluding tert-OH is 1. The summed E-state index contributed by atoms with van der Waals surface area (Å²) in [6.45, 7) is 2.23. The second-order valence-corrected chi connectivity index (χ2v) is 6.20. The third-order valence-corrected chi connectivity index (χ3v) is 4.66. The summed E-state index contributed by atoms with van der Waals surface area (Å²) < 4.78 is 0. The molecule has 1 fully saturated rings. The highest BCUT2D eigenvalue weighted by Gasteiger charge is 2.26. The lowest BCUT2D eigenvalue weighted by Crippen LogP contribution is -2.45. The predicted octanol–water partition coefficient (Wildman–Crippen LogP) is 1.63. The molecule has 2 amide bonds. The van der Waals surface area contributed by atoms with Crippen LogP contribution in [0.5, 0.6) is 0 Å². The van der Waals surface area contributed by atoms with Gasteiger partial charge in [0.25, 0.3) is 5.91 Å². The average molecular weight is 302 g/mol. The van der Waals surface area contributed by atoms with E-state index in [-0.39, 0.29) is 17.9 Å². The number of hydrogen-bond acceptors (Lipinski definition) is 3. The highest BCUT2D eigenvalue weighted by molar-refractivity contribution is 5.98. The van der Waals surface area contributed by atoms with E-state index in [0.29, 0.717) is 12.1 Å². The fourth-order valence-electron chi connectivity index (χ4n) is 3.40. The van der Waals surface area contributed by atoms with E-state index < -0.39 is 6.10 Å². The zero-order valence-electron chi connectivity index (χ0n) is 12.8. The van der Waals surface area contributed by atoms with Crippen molar-refractivity contribution in [2.45, 2.75) is 51.2 Å². The van der Waals surface area contributed by atoms with E-state index in [9.17, 15) is 14.7 Å². The van der Waals surface area contributed by atoms with Gasteiger partial charge in [-0.3, -0.25) is 9.59 Å². The largest absolute Gasteiger partial charge is 0.391 e. The minimum absolute atomic E-state index is 0.0290. The molecule has 2 unspecified atom stereocenters. The van der Waals surface area contributed by atoms with Gasteiger partial charge in [0.1, 0.15) is 0 Å². The first-order chi connectivity index (χ1) is 10.6. The maximum absolute atomic E-state index is 12.4. The van der Waals surface area contributed by atoms with Gasteiger partial charge in [0.05, 0.1) is 12.1 Å². The van der Waals surface area contributed by atoms with Crippen molar-refractivity contribution in [2.24, 2.45) is 0 Å². The highest BCUT2D eigenvalue weighted by atomic mass is 16.3. The standard InChI is InChI=1S/C17H22N2O3/c1-11(20)19-9-8-12-10-13(6-7-15(12)19)17(22)18-14-4-2-3-5-16(14)21/h6-7,10,14,16,21H,2-5,8-9H2,1H3,(H,18,22). The van der Waals surface area contributed by atoms with Crippen LogP contribution in [0.3, 0.4) is 0 Å². The Morgan fingerprint density at radius 3 is 2.77 bits per heavy atom. The zero-order valence-corrected chi connectivity index (χ0v) is 12.8. The van der Waals surface area contributed by atoms with Gasteiger partial charge in [-0.15, -0.1) is 0 Å². The Hall–Kier alpha value is -1.88.